The normalized spacial score (nSPS) is 13.2. The Morgan fingerprint density at radius 3 is 2.18 bits per heavy atom. The zero-order valence-electron chi connectivity index (χ0n) is 12.1. The van der Waals surface area contributed by atoms with Crippen molar-refractivity contribution in [3.63, 3.8) is 0 Å². The number of fused-ring (bicyclic) bond motifs is 1. The van der Waals surface area contributed by atoms with Gasteiger partial charge in [0, 0.05) is 11.3 Å². The summed E-state index contributed by atoms with van der Waals surface area (Å²) in [4.78, 5) is -0.0385. The maximum absolute atomic E-state index is 11.7. The van der Waals surface area contributed by atoms with Gasteiger partial charge in [0.25, 0.3) is 10.1 Å². The number of benzene rings is 3. The molecule has 0 bridgehead atoms. The highest BCUT2D eigenvalue weighted by atomic mass is 32.2. The third-order valence-corrected chi connectivity index (χ3v) is 4.82. The van der Waals surface area contributed by atoms with E-state index in [1.807, 2.05) is 55.5 Å². The molecule has 1 N–H and O–H groups in total. The van der Waals surface area contributed by atoms with Crippen molar-refractivity contribution in [2.45, 2.75) is 17.7 Å². The minimum Gasteiger partial charge on any atom is -0.282 e. The van der Waals surface area contributed by atoms with E-state index in [-0.39, 0.29) is 10.8 Å². The maximum atomic E-state index is 11.7. The number of hydrogen-bond acceptors (Lipinski definition) is 2. The molecule has 0 amide bonds. The van der Waals surface area contributed by atoms with Crippen molar-refractivity contribution in [1.29, 1.82) is 0 Å². The van der Waals surface area contributed by atoms with Gasteiger partial charge in [-0.05, 0) is 22.6 Å². The van der Waals surface area contributed by atoms with E-state index in [1.54, 1.807) is 18.2 Å². The SMILES string of the molecule is CC(c1ccccc1)c1cc(S(=O)(=O)O)c2ccccc2c1. The van der Waals surface area contributed by atoms with E-state index in [0.717, 1.165) is 16.5 Å². The lowest BCUT2D eigenvalue weighted by atomic mass is 9.91. The smallest absolute Gasteiger partial charge is 0.282 e. The van der Waals surface area contributed by atoms with Crippen molar-refractivity contribution in [2.24, 2.45) is 0 Å². The molecule has 0 radical (unpaired) electrons. The van der Waals surface area contributed by atoms with Gasteiger partial charge >= 0.3 is 0 Å². The fourth-order valence-corrected chi connectivity index (χ4v) is 3.44. The molecule has 3 aromatic carbocycles. The molecule has 3 rings (SSSR count). The van der Waals surface area contributed by atoms with E-state index in [9.17, 15) is 13.0 Å². The van der Waals surface area contributed by atoms with Gasteiger partial charge < -0.3 is 0 Å². The maximum Gasteiger partial charge on any atom is 0.295 e. The van der Waals surface area contributed by atoms with Crippen LogP contribution in [0.5, 0.6) is 0 Å². The summed E-state index contributed by atoms with van der Waals surface area (Å²) in [5.41, 5.74) is 1.96. The molecule has 3 aromatic rings. The second-order valence-corrected chi connectivity index (χ2v) is 6.74. The lowest BCUT2D eigenvalue weighted by Crippen LogP contribution is -2.03. The second kappa shape index (κ2) is 5.55. The molecule has 112 valence electrons. The molecule has 0 aliphatic rings. The Labute approximate surface area is 130 Å². The van der Waals surface area contributed by atoms with Crippen LogP contribution in [-0.2, 0) is 10.1 Å². The van der Waals surface area contributed by atoms with E-state index in [2.05, 4.69) is 0 Å². The van der Waals surface area contributed by atoms with Crippen molar-refractivity contribution in [2.75, 3.05) is 0 Å². The first kappa shape index (κ1) is 14.8. The predicted molar refractivity (Wildman–Crippen MR) is 87.7 cm³/mol. The molecule has 22 heavy (non-hydrogen) atoms. The van der Waals surface area contributed by atoms with Gasteiger partial charge in [0.05, 0.1) is 0 Å². The minimum absolute atomic E-state index is 0.0336. The van der Waals surface area contributed by atoms with Crippen LogP contribution < -0.4 is 0 Å². The van der Waals surface area contributed by atoms with E-state index in [4.69, 9.17) is 0 Å². The van der Waals surface area contributed by atoms with E-state index in [0.29, 0.717) is 5.39 Å². The van der Waals surface area contributed by atoms with Gasteiger partial charge in [-0.15, -0.1) is 0 Å². The molecule has 0 fully saturated rings. The Kier molecular flexibility index (Phi) is 3.72. The minimum atomic E-state index is -4.27. The highest BCUT2D eigenvalue weighted by Gasteiger charge is 2.18. The molecule has 3 nitrogen and oxygen atoms in total. The number of hydrogen-bond donors (Lipinski definition) is 1. The Morgan fingerprint density at radius 2 is 1.50 bits per heavy atom. The van der Waals surface area contributed by atoms with Crippen LogP contribution in [0.3, 0.4) is 0 Å². The Balaban J connectivity index is 2.24. The zero-order chi connectivity index (χ0) is 15.7. The molecular formula is C18H16O3S. The van der Waals surface area contributed by atoms with Crippen LogP contribution in [-0.4, -0.2) is 13.0 Å². The topological polar surface area (TPSA) is 54.4 Å². The van der Waals surface area contributed by atoms with E-state index in [1.165, 1.54) is 0 Å². The van der Waals surface area contributed by atoms with Gasteiger partial charge in [0.1, 0.15) is 4.90 Å². The van der Waals surface area contributed by atoms with Crippen molar-refractivity contribution in [3.05, 3.63) is 77.9 Å². The van der Waals surface area contributed by atoms with Crippen LogP contribution in [0.25, 0.3) is 10.8 Å². The Bertz CT molecular complexity index is 915. The molecule has 1 unspecified atom stereocenters. The van der Waals surface area contributed by atoms with E-state index < -0.39 is 10.1 Å². The molecule has 0 saturated heterocycles. The molecule has 0 aliphatic heterocycles. The first-order valence-electron chi connectivity index (χ1n) is 7.02. The fraction of sp³-hybridized carbons (Fsp3) is 0.111. The molecule has 0 aliphatic carbocycles. The average molecular weight is 312 g/mol. The van der Waals surface area contributed by atoms with Gasteiger partial charge in [-0.25, -0.2) is 0 Å². The second-order valence-electron chi connectivity index (χ2n) is 5.35. The molecule has 1 atom stereocenters. The van der Waals surface area contributed by atoms with Crippen LogP contribution >= 0.6 is 0 Å². The lowest BCUT2D eigenvalue weighted by Gasteiger charge is -2.15. The quantitative estimate of drug-likeness (QED) is 0.736. The van der Waals surface area contributed by atoms with Crippen LogP contribution in [0.1, 0.15) is 24.0 Å². The monoisotopic (exact) mass is 312 g/mol. The van der Waals surface area contributed by atoms with Crippen molar-refractivity contribution >= 4 is 20.9 Å². The van der Waals surface area contributed by atoms with Gasteiger partial charge in [-0.3, -0.25) is 4.55 Å². The average Bonchev–Trinajstić information content (AvgIpc) is 2.53. The summed E-state index contributed by atoms with van der Waals surface area (Å²) >= 11 is 0. The fourth-order valence-electron chi connectivity index (χ4n) is 2.70. The molecule has 0 aromatic heterocycles. The van der Waals surface area contributed by atoms with Crippen LogP contribution in [0, 0.1) is 0 Å². The van der Waals surface area contributed by atoms with Crippen LogP contribution in [0.15, 0.2) is 71.6 Å². The van der Waals surface area contributed by atoms with E-state index >= 15 is 0 Å². The summed E-state index contributed by atoms with van der Waals surface area (Å²) in [6.07, 6.45) is 0. The first-order chi connectivity index (χ1) is 10.5. The molecule has 4 heteroatoms. The molecular weight excluding hydrogens is 296 g/mol. The summed E-state index contributed by atoms with van der Waals surface area (Å²) in [6.45, 7) is 2.02. The van der Waals surface area contributed by atoms with Gasteiger partial charge in [0.2, 0.25) is 0 Å². The largest absolute Gasteiger partial charge is 0.295 e. The predicted octanol–water partition coefficient (Wildman–Crippen LogP) is 4.24. The molecule has 0 spiro atoms. The Morgan fingerprint density at radius 1 is 0.864 bits per heavy atom. The standard InChI is InChI=1S/C18H16O3S/c1-13(14-7-3-2-4-8-14)16-11-15-9-5-6-10-17(15)18(12-16)22(19,20)21/h2-13H,1H3,(H,19,20,21). The summed E-state index contributed by atoms with van der Waals surface area (Å²) in [7, 11) is -4.27. The summed E-state index contributed by atoms with van der Waals surface area (Å²) in [5, 5.41) is 1.34. The van der Waals surface area contributed by atoms with Gasteiger partial charge in [-0.2, -0.15) is 8.42 Å². The zero-order valence-corrected chi connectivity index (χ0v) is 12.9. The number of rotatable bonds is 3. The summed E-state index contributed by atoms with van der Waals surface area (Å²) < 4.78 is 33.0. The first-order valence-corrected chi connectivity index (χ1v) is 8.46. The summed E-state index contributed by atoms with van der Waals surface area (Å²) in [5.74, 6) is 0.0336. The lowest BCUT2D eigenvalue weighted by molar-refractivity contribution is 0.484. The Hall–Kier alpha value is -2.17. The summed E-state index contributed by atoms with van der Waals surface area (Å²) in [6, 6.07) is 20.6. The van der Waals surface area contributed by atoms with Crippen molar-refractivity contribution < 1.29 is 13.0 Å². The molecule has 0 heterocycles. The van der Waals surface area contributed by atoms with Crippen LogP contribution in [0.2, 0.25) is 0 Å². The van der Waals surface area contributed by atoms with Crippen LogP contribution in [0.4, 0.5) is 0 Å². The van der Waals surface area contributed by atoms with Crippen molar-refractivity contribution in [1.82, 2.24) is 0 Å². The highest BCUT2D eigenvalue weighted by molar-refractivity contribution is 7.86. The van der Waals surface area contributed by atoms with Gasteiger partial charge in [0.15, 0.2) is 0 Å². The third-order valence-electron chi connectivity index (χ3n) is 3.92. The third kappa shape index (κ3) is 2.75. The van der Waals surface area contributed by atoms with Crippen molar-refractivity contribution in [3.8, 4) is 0 Å². The molecule has 0 saturated carbocycles. The highest BCUT2D eigenvalue weighted by Crippen LogP contribution is 2.31. The van der Waals surface area contributed by atoms with Gasteiger partial charge in [-0.1, -0.05) is 67.6 Å².